The smallest absolute Gasteiger partial charge is 0.318 e. The van der Waals surface area contributed by atoms with Gasteiger partial charge in [-0.05, 0) is 30.5 Å². The van der Waals surface area contributed by atoms with Crippen LogP contribution >= 0.6 is 0 Å². The number of amides is 2. The van der Waals surface area contributed by atoms with Crippen LogP contribution in [0.5, 0.6) is 5.75 Å². The Balaban J connectivity index is 2.28. The van der Waals surface area contributed by atoms with E-state index in [9.17, 15) is 4.79 Å². The highest BCUT2D eigenvalue weighted by atomic mass is 16.5. The van der Waals surface area contributed by atoms with Gasteiger partial charge in [-0.25, -0.2) is 4.79 Å². The molecule has 1 rings (SSSR count). The molecule has 0 bridgehead atoms. The summed E-state index contributed by atoms with van der Waals surface area (Å²) in [6.45, 7) is 2.61. The number of urea groups is 1. The van der Waals surface area contributed by atoms with E-state index < -0.39 is 0 Å². The third-order valence-corrected chi connectivity index (χ3v) is 2.40. The maximum atomic E-state index is 11.3. The highest BCUT2D eigenvalue weighted by Crippen LogP contribution is 2.12. The van der Waals surface area contributed by atoms with Gasteiger partial charge in [0.05, 0.1) is 7.11 Å². The van der Waals surface area contributed by atoms with Gasteiger partial charge in [-0.2, -0.15) is 0 Å². The van der Waals surface area contributed by atoms with Crippen molar-refractivity contribution in [1.29, 1.82) is 0 Å². The average molecular weight is 248 g/mol. The minimum Gasteiger partial charge on any atom is -0.497 e. The predicted molar refractivity (Wildman–Crippen MR) is 72.7 cm³/mol. The maximum absolute atomic E-state index is 11.3. The Morgan fingerprint density at radius 2 is 2.28 bits per heavy atom. The van der Waals surface area contributed by atoms with Crippen LogP contribution in [-0.4, -0.2) is 19.7 Å². The number of ether oxygens (including phenoxy) is 1. The van der Waals surface area contributed by atoms with Crippen LogP contribution in [0.15, 0.2) is 36.5 Å². The third kappa shape index (κ3) is 5.39. The largest absolute Gasteiger partial charge is 0.497 e. The molecule has 1 aromatic carbocycles. The van der Waals surface area contributed by atoms with Gasteiger partial charge in [0, 0.05) is 12.7 Å². The zero-order valence-electron chi connectivity index (χ0n) is 10.9. The number of benzene rings is 1. The Hall–Kier alpha value is -1.97. The van der Waals surface area contributed by atoms with Crippen molar-refractivity contribution in [2.45, 2.75) is 19.8 Å². The van der Waals surface area contributed by atoms with Crippen LogP contribution in [0, 0.1) is 0 Å². The number of allylic oxidation sites excluding steroid dienone is 1. The first-order valence-electron chi connectivity index (χ1n) is 6.08. The van der Waals surface area contributed by atoms with Gasteiger partial charge in [-0.15, -0.1) is 0 Å². The van der Waals surface area contributed by atoms with Crippen molar-refractivity contribution in [2.24, 2.45) is 0 Å². The third-order valence-electron chi connectivity index (χ3n) is 2.40. The normalized spacial score (nSPS) is 10.3. The number of carbonyl (C=O) groups is 1. The standard InChI is InChI=1S/C14H20N2O2/c1-3-4-9-15-14(17)16-10-8-12-6-5-7-13(11-12)18-2/h4-7,9,11H,3,8,10H2,1-2H3,(H2,15,16,17)/b9-4+. The topological polar surface area (TPSA) is 50.4 Å². The fraction of sp³-hybridized carbons (Fsp3) is 0.357. The molecular weight excluding hydrogens is 228 g/mol. The summed E-state index contributed by atoms with van der Waals surface area (Å²) in [6, 6.07) is 7.65. The lowest BCUT2D eigenvalue weighted by molar-refractivity contribution is 0.244. The van der Waals surface area contributed by atoms with Crippen LogP contribution in [0.2, 0.25) is 0 Å². The molecule has 18 heavy (non-hydrogen) atoms. The van der Waals surface area contributed by atoms with Crippen LogP contribution in [-0.2, 0) is 6.42 Å². The van der Waals surface area contributed by atoms with E-state index in [4.69, 9.17) is 4.74 Å². The van der Waals surface area contributed by atoms with Crippen LogP contribution in [0.3, 0.4) is 0 Å². The molecule has 4 heteroatoms. The van der Waals surface area contributed by atoms with Gasteiger partial charge in [0.15, 0.2) is 0 Å². The minimum atomic E-state index is -0.178. The fourth-order valence-corrected chi connectivity index (χ4v) is 1.45. The van der Waals surface area contributed by atoms with E-state index in [0.29, 0.717) is 6.54 Å². The molecule has 0 radical (unpaired) electrons. The second-order valence-corrected chi connectivity index (χ2v) is 3.81. The molecule has 1 aromatic rings. The van der Waals surface area contributed by atoms with Crippen molar-refractivity contribution in [3.05, 3.63) is 42.1 Å². The maximum Gasteiger partial charge on any atom is 0.318 e. The summed E-state index contributed by atoms with van der Waals surface area (Å²) in [6.07, 6.45) is 5.23. The zero-order chi connectivity index (χ0) is 13.2. The number of rotatable bonds is 6. The summed E-state index contributed by atoms with van der Waals surface area (Å²) in [7, 11) is 1.64. The molecule has 0 spiro atoms. The number of hydrogen-bond donors (Lipinski definition) is 2. The van der Waals surface area contributed by atoms with E-state index >= 15 is 0 Å². The van der Waals surface area contributed by atoms with Crippen molar-refractivity contribution in [3.8, 4) is 5.75 Å². The number of carbonyl (C=O) groups excluding carboxylic acids is 1. The zero-order valence-corrected chi connectivity index (χ0v) is 10.9. The van der Waals surface area contributed by atoms with E-state index in [-0.39, 0.29) is 6.03 Å². The van der Waals surface area contributed by atoms with Gasteiger partial charge in [0.1, 0.15) is 5.75 Å². The summed E-state index contributed by atoms with van der Waals surface area (Å²) in [5.41, 5.74) is 1.14. The van der Waals surface area contributed by atoms with Crippen LogP contribution in [0.25, 0.3) is 0 Å². The molecule has 0 aliphatic heterocycles. The van der Waals surface area contributed by atoms with Crippen molar-refractivity contribution < 1.29 is 9.53 Å². The van der Waals surface area contributed by atoms with Crippen LogP contribution < -0.4 is 15.4 Å². The molecule has 2 amide bonds. The second kappa shape index (κ2) is 8.17. The minimum absolute atomic E-state index is 0.178. The lowest BCUT2D eigenvalue weighted by Crippen LogP contribution is -2.33. The van der Waals surface area contributed by atoms with E-state index in [2.05, 4.69) is 10.6 Å². The lowest BCUT2D eigenvalue weighted by atomic mass is 10.1. The Morgan fingerprint density at radius 1 is 1.44 bits per heavy atom. The summed E-state index contributed by atoms with van der Waals surface area (Å²) < 4.78 is 5.14. The molecule has 0 unspecified atom stereocenters. The summed E-state index contributed by atoms with van der Waals surface area (Å²) in [5, 5.41) is 5.42. The van der Waals surface area contributed by atoms with Gasteiger partial charge >= 0.3 is 6.03 Å². The Bertz CT molecular complexity index is 403. The summed E-state index contributed by atoms with van der Waals surface area (Å²) in [5.74, 6) is 0.836. The molecule has 0 aliphatic rings. The number of nitrogens with one attached hydrogen (secondary N) is 2. The molecule has 0 atom stereocenters. The first kappa shape index (κ1) is 14.1. The molecule has 0 fully saturated rings. The van der Waals surface area contributed by atoms with E-state index in [0.717, 1.165) is 24.2 Å². The van der Waals surface area contributed by atoms with Gasteiger partial charge in [-0.1, -0.05) is 25.1 Å². The Morgan fingerprint density at radius 3 is 3.00 bits per heavy atom. The van der Waals surface area contributed by atoms with Crippen molar-refractivity contribution in [1.82, 2.24) is 10.6 Å². The van der Waals surface area contributed by atoms with Gasteiger partial charge in [-0.3, -0.25) is 0 Å². The van der Waals surface area contributed by atoms with E-state index in [1.54, 1.807) is 13.3 Å². The number of hydrogen-bond acceptors (Lipinski definition) is 2. The molecule has 0 saturated carbocycles. The van der Waals surface area contributed by atoms with Gasteiger partial charge in [0.25, 0.3) is 0 Å². The SMILES string of the molecule is CC/C=C/NC(=O)NCCc1cccc(OC)c1. The number of methoxy groups -OCH3 is 1. The summed E-state index contributed by atoms with van der Waals surface area (Å²) in [4.78, 5) is 11.3. The van der Waals surface area contributed by atoms with Gasteiger partial charge in [0.2, 0.25) is 0 Å². The molecule has 98 valence electrons. The van der Waals surface area contributed by atoms with Gasteiger partial charge < -0.3 is 15.4 Å². The highest BCUT2D eigenvalue weighted by Gasteiger charge is 1.98. The van der Waals surface area contributed by atoms with Crippen molar-refractivity contribution in [3.63, 3.8) is 0 Å². The fourth-order valence-electron chi connectivity index (χ4n) is 1.45. The van der Waals surface area contributed by atoms with E-state index in [1.165, 1.54) is 0 Å². The van der Waals surface area contributed by atoms with Crippen LogP contribution in [0.1, 0.15) is 18.9 Å². The Kier molecular flexibility index (Phi) is 6.40. The monoisotopic (exact) mass is 248 g/mol. The molecule has 0 aromatic heterocycles. The molecule has 0 aliphatic carbocycles. The van der Waals surface area contributed by atoms with Crippen LogP contribution in [0.4, 0.5) is 4.79 Å². The molecule has 0 heterocycles. The van der Waals surface area contributed by atoms with E-state index in [1.807, 2.05) is 37.3 Å². The molecule has 2 N–H and O–H groups in total. The average Bonchev–Trinajstić information content (AvgIpc) is 2.39. The second-order valence-electron chi connectivity index (χ2n) is 3.81. The Labute approximate surface area is 108 Å². The highest BCUT2D eigenvalue weighted by molar-refractivity contribution is 5.74. The lowest BCUT2D eigenvalue weighted by Gasteiger charge is -2.06. The molecule has 4 nitrogen and oxygen atoms in total. The molecular formula is C14H20N2O2. The van der Waals surface area contributed by atoms with Crippen molar-refractivity contribution in [2.75, 3.05) is 13.7 Å². The quantitative estimate of drug-likeness (QED) is 0.812. The van der Waals surface area contributed by atoms with Crippen molar-refractivity contribution >= 4 is 6.03 Å². The first-order chi connectivity index (χ1) is 8.76. The predicted octanol–water partition coefficient (Wildman–Crippen LogP) is 2.46. The summed E-state index contributed by atoms with van der Waals surface area (Å²) >= 11 is 0. The molecule has 0 saturated heterocycles. The first-order valence-corrected chi connectivity index (χ1v) is 6.08.